The molecule has 3 heteroatoms. The van der Waals surface area contributed by atoms with Gasteiger partial charge in [0.15, 0.2) is 0 Å². The summed E-state index contributed by atoms with van der Waals surface area (Å²) in [6.45, 7) is 9.69. The van der Waals surface area contributed by atoms with E-state index in [1.54, 1.807) is 0 Å². The zero-order chi connectivity index (χ0) is 17.0. The van der Waals surface area contributed by atoms with Crippen LogP contribution >= 0.6 is 0 Å². The second-order valence-electron chi connectivity index (χ2n) is 5.77. The molecule has 0 aliphatic carbocycles. The molecule has 2 aromatic carbocycles. The molecule has 0 aliphatic rings. The molecule has 0 aromatic heterocycles. The summed E-state index contributed by atoms with van der Waals surface area (Å²) in [4.78, 5) is 16.8. The van der Waals surface area contributed by atoms with Gasteiger partial charge in [-0.3, -0.25) is 4.79 Å². The van der Waals surface area contributed by atoms with E-state index in [1.807, 2.05) is 50.1 Å². The number of carbonyl (C=O) groups is 1. The van der Waals surface area contributed by atoms with E-state index in [1.165, 1.54) is 11.1 Å². The van der Waals surface area contributed by atoms with Crippen LogP contribution in [0.1, 0.15) is 35.3 Å². The molecule has 1 amide bonds. The average Bonchev–Trinajstić information content (AvgIpc) is 2.57. The van der Waals surface area contributed by atoms with E-state index >= 15 is 0 Å². The third-order valence-corrected chi connectivity index (χ3v) is 4.48. The van der Waals surface area contributed by atoms with E-state index in [2.05, 4.69) is 36.9 Å². The van der Waals surface area contributed by atoms with Gasteiger partial charge in [0.1, 0.15) is 0 Å². The van der Waals surface area contributed by atoms with Crippen LogP contribution in [0.5, 0.6) is 0 Å². The Morgan fingerprint density at radius 2 is 1.52 bits per heavy atom. The lowest BCUT2D eigenvalue weighted by Crippen LogP contribution is -2.31. The number of para-hydroxylation sites is 1. The Balaban J connectivity index is 2.48. The van der Waals surface area contributed by atoms with Crippen LogP contribution < -0.4 is 4.90 Å². The molecule has 0 radical (unpaired) electrons. The number of rotatable bonds is 5. The van der Waals surface area contributed by atoms with Gasteiger partial charge in [-0.1, -0.05) is 24.3 Å². The molecule has 23 heavy (non-hydrogen) atoms. The molecule has 0 fully saturated rings. The number of nitrogens with zero attached hydrogens (tertiary/aromatic N) is 2. The maximum atomic E-state index is 12.8. The summed E-state index contributed by atoms with van der Waals surface area (Å²) in [5.41, 5.74) is 5.31. The predicted octanol–water partition coefficient (Wildman–Crippen LogP) is 4.55. The normalized spacial score (nSPS) is 10.5. The van der Waals surface area contributed by atoms with Crippen LogP contribution in [0.25, 0.3) is 0 Å². The number of amides is 1. The summed E-state index contributed by atoms with van der Waals surface area (Å²) in [7, 11) is 2.02. The molecule has 0 saturated carbocycles. The average molecular weight is 310 g/mol. The fourth-order valence-corrected chi connectivity index (χ4v) is 2.86. The van der Waals surface area contributed by atoms with Crippen LogP contribution in [0.3, 0.4) is 0 Å². The first kappa shape index (κ1) is 17.1. The predicted molar refractivity (Wildman–Crippen MR) is 97.7 cm³/mol. The van der Waals surface area contributed by atoms with Crippen molar-refractivity contribution >= 4 is 17.3 Å². The zero-order valence-corrected chi connectivity index (χ0v) is 14.8. The Bertz CT molecular complexity index is 690. The van der Waals surface area contributed by atoms with Gasteiger partial charge in [0.2, 0.25) is 0 Å². The number of benzene rings is 2. The Kier molecular flexibility index (Phi) is 5.43. The molecule has 0 spiro atoms. The van der Waals surface area contributed by atoms with Crippen molar-refractivity contribution in [3.8, 4) is 0 Å². The Labute approximate surface area is 139 Å². The Morgan fingerprint density at radius 1 is 0.913 bits per heavy atom. The highest BCUT2D eigenvalue weighted by Gasteiger charge is 2.19. The van der Waals surface area contributed by atoms with E-state index < -0.39 is 0 Å². The summed E-state index contributed by atoms with van der Waals surface area (Å²) in [5, 5.41) is 0. The SMILES string of the molecule is CCN(CC)C(=O)c1ccccc1N(C)c1cccc(C)c1C. The largest absolute Gasteiger partial charge is 0.344 e. The van der Waals surface area contributed by atoms with Gasteiger partial charge in [0.05, 0.1) is 11.3 Å². The summed E-state index contributed by atoms with van der Waals surface area (Å²) in [5.74, 6) is 0.0859. The van der Waals surface area contributed by atoms with Crippen LogP contribution in [0.4, 0.5) is 11.4 Å². The third-order valence-electron chi connectivity index (χ3n) is 4.48. The maximum Gasteiger partial charge on any atom is 0.255 e. The molecular formula is C20H26N2O. The maximum absolute atomic E-state index is 12.8. The van der Waals surface area contributed by atoms with Gasteiger partial charge in [-0.2, -0.15) is 0 Å². The number of anilines is 2. The lowest BCUT2D eigenvalue weighted by molar-refractivity contribution is 0.0773. The van der Waals surface area contributed by atoms with Crippen molar-refractivity contribution < 1.29 is 4.79 Å². The molecule has 0 saturated heterocycles. The molecule has 0 heterocycles. The molecule has 122 valence electrons. The molecule has 0 aliphatic heterocycles. The van der Waals surface area contributed by atoms with Crippen molar-refractivity contribution in [2.24, 2.45) is 0 Å². The number of aryl methyl sites for hydroxylation is 1. The highest BCUT2D eigenvalue weighted by atomic mass is 16.2. The summed E-state index contributed by atoms with van der Waals surface area (Å²) >= 11 is 0. The molecule has 3 nitrogen and oxygen atoms in total. The van der Waals surface area contributed by atoms with Gasteiger partial charge in [-0.05, 0) is 57.0 Å². The monoisotopic (exact) mass is 310 g/mol. The van der Waals surface area contributed by atoms with E-state index in [9.17, 15) is 4.79 Å². The first-order chi connectivity index (χ1) is 11.0. The van der Waals surface area contributed by atoms with E-state index in [4.69, 9.17) is 0 Å². The van der Waals surface area contributed by atoms with Gasteiger partial charge < -0.3 is 9.80 Å². The fraction of sp³-hybridized carbons (Fsp3) is 0.350. The van der Waals surface area contributed by atoms with E-state index in [-0.39, 0.29) is 5.91 Å². The van der Waals surface area contributed by atoms with Gasteiger partial charge in [-0.25, -0.2) is 0 Å². The molecule has 0 bridgehead atoms. The van der Waals surface area contributed by atoms with Crippen LogP contribution in [-0.2, 0) is 0 Å². The van der Waals surface area contributed by atoms with Crippen LogP contribution in [0.15, 0.2) is 42.5 Å². The highest BCUT2D eigenvalue weighted by molar-refractivity contribution is 6.00. The van der Waals surface area contributed by atoms with Crippen molar-refractivity contribution in [2.75, 3.05) is 25.0 Å². The second kappa shape index (κ2) is 7.32. The van der Waals surface area contributed by atoms with E-state index in [0.717, 1.165) is 30.0 Å². The quantitative estimate of drug-likeness (QED) is 0.808. The Hall–Kier alpha value is -2.29. The van der Waals surface area contributed by atoms with Crippen molar-refractivity contribution in [1.82, 2.24) is 4.90 Å². The smallest absolute Gasteiger partial charge is 0.255 e. The third kappa shape index (κ3) is 3.39. The van der Waals surface area contributed by atoms with Crippen LogP contribution in [0, 0.1) is 13.8 Å². The highest BCUT2D eigenvalue weighted by Crippen LogP contribution is 2.31. The van der Waals surface area contributed by atoms with Crippen molar-refractivity contribution in [3.05, 3.63) is 59.2 Å². The minimum atomic E-state index is 0.0859. The van der Waals surface area contributed by atoms with Gasteiger partial charge in [0.25, 0.3) is 5.91 Å². The first-order valence-corrected chi connectivity index (χ1v) is 8.19. The summed E-state index contributed by atoms with van der Waals surface area (Å²) in [6.07, 6.45) is 0. The summed E-state index contributed by atoms with van der Waals surface area (Å²) in [6, 6.07) is 14.1. The van der Waals surface area contributed by atoms with Crippen molar-refractivity contribution in [2.45, 2.75) is 27.7 Å². The molecule has 0 atom stereocenters. The molecule has 2 aromatic rings. The lowest BCUT2D eigenvalue weighted by atomic mass is 10.1. The zero-order valence-electron chi connectivity index (χ0n) is 14.8. The topological polar surface area (TPSA) is 23.6 Å². The number of carbonyl (C=O) groups excluding carboxylic acids is 1. The van der Waals surface area contributed by atoms with Gasteiger partial charge in [0, 0.05) is 25.8 Å². The molecule has 0 N–H and O–H groups in total. The fourth-order valence-electron chi connectivity index (χ4n) is 2.86. The van der Waals surface area contributed by atoms with Crippen molar-refractivity contribution in [3.63, 3.8) is 0 Å². The molecular weight excluding hydrogens is 284 g/mol. The van der Waals surface area contributed by atoms with E-state index in [0.29, 0.717) is 0 Å². The number of hydrogen-bond acceptors (Lipinski definition) is 2. The van der Waals surface area contributed by atoms with Crippen LogP contribution in [0.2, 0.25) is 0 Å². The molecule has 0 unspecified atom stereocenters. The van der Waals surface area contributed by atoms with Gasteiger partial charge in [-0.15, -0.1) is 0 Å². The first-order valence-electron chi connectivity index (χ1n) is 8.19. The second-order valence-corrected chi connectivity index (χ2v) is 5.77. The Morgan fingerprint density at radius 3 is 2.17 bits per heavy atom. The van der Waals surface area contributed by atoms with Crippen molar-refractivity contribution in [1.29, 1.82) is 0 Å². The van der Waals surface area contributed by atoms with Gasteiger partial charge >= 0.3 is 0 Å². The standard InChI is InChI=1S/C20H26N2O/c1-6-22(7-2)20(23)17-12-8-9-13-19(17)21(5)18-14-10-11-15(3)16(18)4/h8-14H,6-7H2,1-5H3. The number of hydrogen-bond donors (Lipinski definition) is 0. The summed E-state index contributed by atoms with van der Waals surface area (Å²) < 4.78 is 0. The van der Waals surface area contributed by atoms with Crippen LogP contribution in [-0.4, -0.2) is 30.9 Å². The molecule has 2 rings (SSSR count). The lowest BCUT2D eigenvalue weighted by Gasteiger charge is -2.27. The minimum Gasteiger partial charge on any atom is -0.344 e. The minimum absolute atomic E-state index is 0.0859.